The Hall–Kier alpha value is -3.05. The lowest BCUT2D eigenvalue weighted by Gasteiger charge is -2.13. The van der Waals surface area contributed by atoms with Crippen LogP contribution in [0.4, 0.5) is 5.82 Å². The summed E-state index contributed by atoms with van der Waals surface area (Å²) in [6, 6.07) is 20.8. The zero-order valence-electron chi connectivity index (χ0n) is 18.5. The lowest BCUT2D eigenvalue weighted by molar-refractivity contribution is 0.823. The quantitative estimate of drug-likeness (QED) is 0.290. The van der Waals surface area contributed by atoms with Gasteiger partial charge in [-0.15, -0.1) is 11.8 Å². The van der Waals surface area contributed by atoms with E-state index in [2.05, 4.69) is 72.4 Å². The molecule has 0 unspecified atom stereocenters. The minimum Gasteiger partial charge on any atom is -0.385 e. The molecule has 5 heteroatoms. The zero-order chi connectivity index (χ0) is 22.1. The summed E-state index contributed by atoms with van der Waals surface area (Å²) >= 11 is 1.74. The van der Waals surface area contributed by atoms with Gasteiger partial charge in [0.1, 0.15) is 11.6 Å². The maximum absolute atomic E-state index is 4.69. The molecule has 0 saturated carbocycles. The van der Waals surface area contributed by atoms with Crippen molar-refractivity contribution in [1.29, 1.82) is 0 Å². The van der Waals surface area contributed by atoms with Crippen molar-refractivity contribution in [2.75, 3.05) is 11.9 Å². The van der Waals surface area contributed by atoms with Crippen LogP contribution >= 0.6 is 11.8 Å². The number of benzene rings is 2. The zero-order valence-corrected chi connectivity index (χ0v) is 19.3. The van der Waals surface area contributed by atoms with Gasteiger partial charge < -0.3 is 10.6 Å². The fourth-order valence-corrected chi connectivity index (χ4v) is 3.78. The molecule has 0 saturated heterocycles. The average molecular weight is 431 g/mol. The minimum atomic E-state index is 0.717. The molecule has 160 valence electrons. The first-order chi connectivity index (χ1) is 15.0. The number of allylic oxidation sites excluding steroid dienone is 1. The summed E-state index contributed by atoms with van der Waals surface area (Å²) in [6.07, 6.45) is 3.08. The fraction of sp³-hybridized carbons (Fsp3) is 0.231. The van der Waals surface area contributed by atoms with Gasteiger partial charge in [-0.25, -0.2) is 9.97 Å². The number of hydrogen-bond acceptors (Lipinski definition) is 5. The lowest BCUT2D eigenvalue weighted by Crippen LogP contribution is -2.14. The van der Waals surface area contributed by atoms with Crippen LogP contribution in [0, 0.1) is 13.8 Å². The summed E-state index contributed by atoms with van der Waals surface area (Å²) in [4.78, 5) is 10.5. The number of anilines is 1. The van der Waals surface area contributed by atoms with Crippen molar-refractivity contribution < 1.29 is 0 Å². The van der Waals surface area contributed by atoms with Crippen molar-refractivity contribution in [1.82, 2.24) is 15.3 Å². The van der Waals surface area contributed by atoms with Gasteiger partial charge in [0, 0.05) is 34.6 Å². The molecule has 2 N–H and O–H groups in total. The van der Waals surface area contributed by atoms with Gasteiger partial charge in [0.25, 0.3) is 0 Å². The second-order valence-electron chi connectivity index (χ2n) is 7.41. The monoisotopic (exact) mass is 430 g/mol. The van der Waals surface area contributed by atoms with Gasteiger partial charge in [-0.3, -0.25) is 0 Å². The maximum Gasteiger partial charge on any atom is 0.141 e. The number of thioether (sulfide) groups is 1. The normalized spacial score (nSPS) is 11.3. The Balaban J connectivity index is 1.70. The van der Waals surface area contributed by atoms with Crippen LogP contribution in [-0.4, -0.2) is 16.5 Å². The average Bonchev–Trinajstić information content (AvgIpc) is 2.76. The molecule has 3 rings (SSSR count). The van der Waals surface area contributed by atoms with Crippen LogP contribution in [0.15, 0.2) is 83.9 Å². The maximum atomic E-state index is 4.69. The smallest absolute Gasteiger partial charge is 0.141 e. The molecular formula is C26H30N4S. The van der Waals surface area contributed by atoms with Gasteiger partial charge in [0.2, 0.25) is 0 Å². The summed E-state index contributed by atoms with van der Waals surface area (Å²) < 4.78 is 0. The van der Waals surface area contributed by atoms with Crippen molar-refractivity contribution >= 4 is 23.3 Å². The van der Waals surface area contributed by atoms with E-state index in [4.69, 9.17) is 4.98 Å². The third kappa shape index (κ3) is 7.30. The highest BCUT2D eigenvalue weighted by molar-refractivity contribution is 7.98. The molecule has 3 aromatic rings. The van der Waals surface area contributed by atoms with E-state index in [-0.39, 0.29) is 0 Å². The van der Waals surface area contributed by atoms with E-state index in [1.807, 2.05) is 37.3 Å². The van der Waals surface area contributed by atoms with Crippen LogP contribution < -0.4 is 10.6 Å². The first-order valence-corrected chi connectivity index (χ1v) is 11.5. The molecule has 1 heterocycles. The van der Waals surface area contributed by atoms with Gasteiger partial charge in [-0.1, -0.05) is 61.5 Å². The lowest BCUT2D eigenvalue weighted by atomic mass is 10.1. The highest BCUT2D eigenvalue weighted by atomic mass is 32.2. The molecule has 0 bridgehead atoms. The van der Waals surface area contributed by atoms with Gasteiger partial charge in [0.05, 0.1) is 5.75 Å². The van der Waals surface area contributed by atoms with E-state index in [0.29, 0.717) is 0 Å². The summed E-state index contributed by atoms with van der Waals surface area (Å²) in [6.45, 7) is 11.3. The molecule has 0 aliphatic rings. The van der Waals surface area contributed by atoms with Crippen LogP contribution in [0.3, 0.4) is 0 Å². The number of nitrogens with zero attached hydrogens (tertiary/aromatic N) is 2. The second kappa shape index (κ2) is 11.4. The van der Waals surface area contributed by atoms with Crippen molar-refractivity contribution in [2.24, 2.45) is 0 Å². The Kier molecular flexibility index (Phi) is 8.30. The number of nitrogens with one attached hydrogen (secondary N) is 2. The molecule has 31 heavy (non-hydrogen) atoms. The molecule has 4 nitrogen and oxygen atoms in total. The Morgan fingerprint density at radius 1 is 1.03 bits per heavy atom. The number of rotatable bonds is 10. The Labute approximate surface area is 189 Å². The first-order valence-electron chi connectivity index (χ1n) is 10.5. The standard InChI is InChI=1S/C26H30N4S/c1-5-15-27-24(22-9-7-6-8-10-22)16-20(3)28-25-17-21(4)29-26(30-25)18-31-23-13-11-19(2)12-14-23/h6-14,16-17,27H,3,5,15,18H2,1-2,4H3,(H,28,29,30)/b24-16-. The molecule has 1 aromatic heterocycles. The van der Waals surface area contributed by atoms with E-state index in [1.165, 1.54) is 10.5 Å². The Bertz CT molecular complexity index is 1030. The fourth-order valence-electron chi connectivity index (χ4n) is 3.03. The van der Waals surface area contributed by atoms with Crippen LogP contribution in [0.25, 0.3) is 5.70 Å². The van der Waals surface area contributed by atoms with Gasteiger partial charge in [-0.05, 0) is 44.0 Å². The van der Waals surface area contributed by atoms with Crippen molar-refractivity contribution in [3.63, 3.8) is 0 Å². The van der Waals surface area contributed by atoms with Crippen molar-refractivity contribution in [2.45, 2.75) is 37.8 Å². The number of aryl methyl sites for hydroxylation is 2. The van der Waals surface area contributed by atoms with Crippen molar-refractivity contribution in [3.8, 4) is 0 Å². The molecule has 0 aliphatic heterocycles. The molecule has 0 fully saturated rings. The molecule has 0 radical (unpaired) electrons. The summed E-state index contributed by atoms with van der Waals surface area (Å²) in [5, 5.41) is 6.83. The van der Waals surface area contributed by atoms with Crippen LogP contribution in [0.2, 0.25) is 0 Å². The van der Waals surface area contributed by atoms with Crippen LogP contribution in [0.1, 0.15) is 36.0 Å². The highest BCUT2D eigenvalue weighted by Crippen LogP contribution is 2.23. The SMILES string of the molecule is C=C(/C=C(\NCCC)c1ccccc1)Nc1cc(C)nc(CSc2ccc(C)cc2)n1. The molecular weight excluding hydrogens is 400 g/mol. The number of hydrogen-bond donors (Lipinski definition) is 2. The van der Waals surface area contributed by atoms with E-state index in [1.54, 1.807) is 11.8 Å². The predicted molar refractivity (Wildman–Crippen MR) is 133 cm³/mol. The van der Waals surface area contributed by atoms with E-state index in [9.17, 15) is 0 Å². The van der Waals surface area contributed by atoms with Crippen LogP contribution in [0.5, 0.6) is 0 Å². The molecule has 0 aliphatic carbocycles. The number of aromatic nitrogens is 2. The summed E-state index contributed by atoms with van der Waals surface area (Å²) in [5.41, 5.74) is 5.14. The van der Waals surface area contributed by atoms with Gasteiger partial charge >= 0.3 is 0 Å². The Morgan fingerprint density at radius 3 is 2.48 bits per heavy atom. The third-order valence-corrected chi connectivity index (χ3v) is 5.55. The highest BCUT2D eigenvalue weighted by Gasteiger charge is 2.06. The van der Waals surface area contributed by atoms with E-state index < -0.39 is 0 Å². The van der Waals surface area contributed by atoms with Gasteiger partial charge in [-0.2, -0.15) is 0 Å². The first kappa shape index (κ1) is 22.6. The molecule has 0 atom stereocenters. The van der Waals surface area contributed by atoms with Crippen LogP contribution in [-0.2, 0) is 5.75 Å². The Morgan fingerprint density at radius 2 is 1.77 bits per heavy atom. The molecule has 0 spiro atoms. The largest absolute Gasteiger partial charge is 0.385 e. The van der Waals surface area contributed by atoms with E-state index >= 15 is 0 Å². The third-order valence-electron chi connectivity index (χ3n) is 4.55. The van der Waals surface area contributed by atoms with E-state index in [0.717, 1.165) is 53.0 Å². The summed E-state index contributed by atoms with van der Waals surface area (Å²) in [5.74, 6) is 2.28. The molecule has 2 aromatic carbocycles. The second-order valence-corrected chi connectivity index (χ2v) is 8.46. The van der Waals surface area contributed by atoms with Crippen molar-refractivity contribution in [3.05, 3.63) is 102 Å². The minimum absolute atomic E-state index is 0.717. The molecule has 0 amide bonds. The summed E-state index contributed by atoms with van der Waals surface area (Å²) in [7, 11) is 0. The topological polar surface area (TPSA) is 49.8 Å². The van der Waals surface area contributed by atoms with Gasteiger partial charge in [0.15, 0.2) is 0 Å². The predicted octanol–water partition coefficient (Wildman–Crippen LogP) is 6.35.